The van der Waals surface area contributed by atoms with Crippen LogP contribution in [-0.2, 0) is 0 Å². The average Bonchev–Trinajstić information content (AvgIpc) is 3.19. The molecule has 0 bridgehead atoms. The van der Waals surface area contributed by atoms with Crippen molar-refractivity contribution in [3.8, 4) is 56.2 Å². The average molecular weight is 644 g/mol. The largest absolute Gasteiger partial charge is 0.355 e. The number of nitrogens with zero attached hydrogens (tertiary/aromatic N) is 2. The first kappa shape index (κ1) is 31.0. The van der Waals surface area contributed by atoms with E-state index in [1.165, 1.54) is 22.3 Å². The van der Waals surface area contributed by atoms with Gasteiger partial charge in [0.15, 0.2) is 5.82 Å². The van der Waals surface area contributed by atoms with Crippen molar-refractivity contribution < 1.29 is 0 Å². The quantitative estimate of drug-likeness (QED) is 0.179. The van der Waals surface area contributed by atoms with Crippen LogP contribution in [0.3, 0.4) is 0 Å². The second kappa shape index (κ2) is 14.0. The molecule has 0 spiro atoms. The van der Waals surface area contributed by atoms with Gasteiger partial charge < -0.3 is 5.32 Å². The lowest BCUT2D eigenvalue weighted by molar-refractivity contribution is 0.759. The van der Waals surface area contributed by atoms with Crippen molar-refractivity contribution in [1.29, 1.82) is 0 Å². The molecule has 0 radical (unpaired) electrons. The van der Waals surface area contributed by atoms with Crippen molar-refractivity contribution in [2.75, 3.05) is 5.32 Å². The molecule has 50 heavy (non-hydrogen) atoms. The Bertz CT molecular complexity index is 2250. The van der Waals surface area contributed by atoms with Gasteiger partial charge in [0.05, 0.1) is 17.1 Å². The third-order valence-electron chi connectivity index (χ3n) is 9.33. The Morgan fingerprint density at radius 3 is 1.64 bits per heavy atom. The molecule has 1 N–H and O–H groups in total. The summed E-state index contributed by atoms with van der Waals surface area (Å²) in [5, 5.41) is 3.92. The second-order valence-corrected chi connectivity index (χ2v) is 12.8. The van der Waals surface area contributed by atoms with Gasteiger partial charge in [0.1, 0.15) is 0 Å². The van der Waals surface area contributed by atoms with Gasteiger partial charge in [-0.05, 0) is 64.9 Å². The van der Waals surface area contributed by atoms with Gasteiger partial charge in [0.25, 0.3) is 0 Å². The molecule has 1 aliphatic rings. The maximum atomic E-state index is 5.10. The van der Waals surface area contributed by atoms with Crippen LogP contribution in [0.5, 0.6) is 0 Å². The summed E-state index contributed by atoms with van der Waals surface area (Å²) >= 11 is 0. The van der Waals surface area contributed by atoms with E-state index in [0.717, 1.165) is 57.0 Å². The summed E-state index contributed by atoms with van der Waals surface area (Å²) in [6.45, 7) is 2.32. The summed E-state index contributed by atoms with van der Waals surface area (Å²) in [6, 6.07) is 57.3. The molecule has 1 heterocycles. The van der Waals surface area contributed by atoms with Crippen LogP contribution in [0.15, 0.2) is 182 Å². The third-order valence-corrected chi connectivity index (χ3v) is 9.33. The highest BCUT2D eigenvalue weighted by molar-refractivity contribution is 5.95. The highest BCUT2D eigenvalue weighted by Gasteiger charge is 2.21. The number of anilines is 2. The fraction of sp³-hybridized carbons (Fsp3) is 0.0638. The van der Waals surface area contributed by atoms with Gasteiger partial charge >= 0.3 is 0 Å². The maximum absolute atomic E-state index is 5.10. The lowest BCUT2D eigenvalue weighted by atomic mass is 9.83. The molecule has 1 aromatic heterocycles. The molecule has 7 aromatic rings. The molecule has 0 saturated heterocycles. The van der Waals surface area contributed by atoms with Crippen LogP contribution in [0.1, 0.15) is 18.9 Å². The minimum Gasteiger partial charge on any atom is -0.355 e. The van der Waals surface area contributed by atoms with Crippen molar-refractivity contribution >= 4 is 16.9 Å². The first-order valence-corrected chi connectivity index (χ1v) is 17.2. The van der Waals surface area contributed by atoms with Crippen LogP contribution in [0.25, 0.3) is 61.7 Å². The molecule has 1 atom stereocenters. The molecule has 0 fully saturated rings. The van der Waals surface area contributed by atoms with Crippen molar-refractivity contribution in [2.24, 2.45) is 5.92 Å². The van der Waals surface area contributed by atoms with E-state index in [9.17, 15) is 0 Å². The molecule has 6 aromatic carbocycles. The van der Waals surface area contributed by atoms with E-state index < -0.39 is 0 Å². The number of nitrogens with one attached hydrogen (secondary N) is 1. The second-order valence-electron chi connectivity index (χ2n) is 12.8. The Hall–Kier alpha value is -6.32. The maximum Gasteiger partial charge on any atom is 0.160 e. The fourth-order valence-corrected chi connectivity index (χ4v) is 6.72. The molecule has 8 rings (SSSR count). The van der Waals surface area contributed by atoms with Gasteiger partial charge in [0.2, 0.25) is 0 Å². The molecule has 1 aliphatic carbocycles. The zero-order valence-corrected chi connectivity index (χ0v) is 28.0. The number of hydrogen-bond acceptors (Lipinski definition) is 3. The summed E-state index contributed by atoms with van der Waals surface area (Å²) in [5.41, 5.74) is 14.2. The van der Waals surface area contributed by atoms with E-state index in [1.54, 1.807) is 0 Å². The summed E-state index contributed by atoms with van der Waals surface area (Å²) < 4.78 is 0. The van der Waals surface area contributed by atoms with E-state index in [-0.39, 0.29) is 0 Å². The lowest BCUT2D eigenvalue weighted by Crippen LogP contribution is -2.06. The molecule has 240 valence electrons. The van der Waals surface area contributed by atoms with Crippen LogP contribution in [0.4, 0.5) is 11.4 Å². The van der Waals surface area contributed by atoms with Crippen molar-refractivity contribution in [1.82, 2.24) is 9.97 Å². The summed E-state index contributed by atoms with van der Waals surface area (Å²) in [7, 11) is 0. The van der Waals surface area contributed by atoms with Crippen LogP contribution in [0, 0.1) is 5.92 Å². The molecule has 3 nitrogen and oxygen atoms in total. The molecule has 1 unspecified atom stereocenters. The molecular weight excluding hydrogens is 607 g/mol. The molecule has 0 aliphatic heterocycles. The Labute approximate surface area is 294 Å². The standard InChI is InChI=1S/C47H37N3/c1-33-17-14-15-28-41(33)43-31-39(34-18-6-2-7-19-34)30-42(35-20-8-3-9-21-35)46(43)48-40-27-16-26-38(29-40)47-49-44(36-22-10-4-11-23-36)32-45(50-47)37-24-12-5-13-25-37/h2-16,18-33,48H,17H2,1H3. The number of aromatic nitrogens is 2. The number of hydrogen-bond donors (Lipinski definition) is 1. The SMILES string of the molecule is CC1CC=CC=C1c1cc(-c2ccccc2)cc(-c2ccccc2)c1Nc1cccc(-c2nc(-c3ccccc3)cc(-c3ccccc3)n2)c1. The lowest BCUT2D eigenvalue weighted by Gasteiger charge is -2.25. The van der Waals surface area contributed by atoms with Gasteiger partial charge in [-0.25, -0.2) is 9.97 Å². The zero-order valence-electron chi connectivity index (χ0n) is 28.0. The van der Waals surface area contributed by atoms with Crippen molar-refractivity contribution in [3.63, 3.8) is 0 Å². The van der Waals surface area contributed by atoms with Crippen LogP contribution < -0.4 is 5.32 Å². The van der Waals surface area contributed by atoms with Gasteiger partial charge in [-0.3, -0.25) is 0 Å². The number of benzene rings is 6. The summed E-state index contributed by atoms with van der Waals surface area (Å²) in [4.78, 5) is 10.2. The number of allylic oxidation sites excluding steroid dienone is 4. The van der Waals surface area contributed by atoms with Crippen molar-refractivity contribution in [2.45, 2.75) is 13.3 Å². The fourth-order valence-electron chi connectivity index (χ4n) is 6.72. The van der Waals surface area contributed by atoms with Crippen LogP contribution in [-0.4, -0.2) is 9.97 Å². The van der Waals surface area contributed by atoms with Gasteiger partial charge in [-0.2, -0.15) is 0 Å². The molecule has 0 amide bonds. The van der Waals surface area contributed by atoms with Crippen LogP contribution >= 0.6 is 0 Å². The molecule has 0 saturated carbocycles. The Balaban J connectivity index is 1.28. The smallest absolute Gasteiger partial charge is 0.160 e. The third kappa shape index (κ3) is 6.54. The Morgan fingerprint density at radius 1 is 0.500 bits per heavy atom. The van der Waals surface area contributed by atoms with Crippen LogP contribution in [0.2, 0.25) is 0 Å². The zero-order chi connectivity index (χ0) is 33.7. The topological polar surface area (TPSA) is 37.8 Å². The van der Waals surface area contributed by atoms with Gasteiger partial charge in [-0.15, -0.1) is 0 Å². The highest BCUT2D eigenvalue weighted by atomic mass is 14.9. The molecule has 3 heteroatoms. The summed E-state index contributed by atoms with van der Waals surface area (Å²) in [6.07, 6.45) is 7.74. The predicted octanol–water partition coefficient (Wildman–Crippen LogP) is 12.5. The van der Waals surface area contributed by atoms with E-state index in [2.05, 4.69) is 158 Å². The van der Waals surface area contributed by atoms with E-state index in [4.69, 9.17) is 9.97 Å². The predicted molar refractivity (Wildman–Crippen MR) is 210 cm³/mol. The normalized spacial score (nSPS) is 13.9. The van der Waals surface area contributed by atoms with E-state index in [1.807, 2.05) is 36.4 Å². The van der Waals surface area contributed by atoms with Gasteiger partial charge in [-0.1, -0.05) is 159 Å². The van der Waals surface area contributed by atoms with Crippen molar-refractivity contribution in [3.05, 3.63) is 188 Å². The first-order chi connectivity index (χ1) is 24.7. The van der Waals surface area contributed by atoms with E-state index in [0.29, 0.717) is 11.7 Å². The Kier molecular flexibility index (Phi) is 8.70. The highest BCUT2D eigenvalue weighted by Crippen LogP contribution is 2.44. The van der Waals surface area contributed by atoms with Gasteiger partial charge in [0, 0.05) is 33.5 Å². The minimum absolute atomic E-state index is 0.382. The molecular formula is C47H37N3. The first-order valence-electron chi connectivity index (χ1n) is 17.2. The summed E-state index contributed by atoms with van der Waals surface area (Å²) in [5.74, 6) is 1.07. The Morgan fingerprint density at radius 2 is 1.04 bits per heavy atom. The minimum atomic E-state index is 0.382. The monoisotopic (exact) mass is 643 g/mol. The number of rotatable bonds is 8. The van der Waals surface area contributed by atoms with E-state index >= 15 is 0 Å².